The minimum atomic E-state index is -0.373. The van der Waals surface area contributed by atoms with E-state index in [1.54, 1.807) is 26.4 Å². The molecule has 0 saturated heterocycles. The second-order valence-corrected chi connectivity index (χ2v) is 8.95. The van der Waals surface area contributed by atoms with E-state index >= 15 is 0 Å². The minimum Gasteiger partial charge on any atom is -0.493 e. The molecule has 0 unspecified atom stereocenters. The van der Waals surface area contributed by atoms with Gasteiger partial charge in [-0.2, -0.15) is 0 Å². The number of Topliss-reactive ketones (excluding diaryl/α,β-unsaturated/α-hetero) is 1. The Bertz CT molecular complexity index is 1350. The average molecular weight is 485 g/mol. The number of ketones is 1. The lowest BCUT2D eigenvalue weighted by molar-refractivity contribution is -0.131. The van der Waals surface area contributed by atoms with Gasteiger partial charge in [0.15, 0.2) is 17.3 Å². The SMILES string of the molecule is COc1ccc([C@@H]2CC(=O)C3=C(C2)Nc2ccccc2N[C@@H]3c2ccc(OC(C)=O)cc2)cc1OC. The molecule has 1 aliphatic carbocycles. The number of carbonyl (C=O) groups excluding carboxylic acids is 2. The van der Waals surface area contributed by atoms with Crippen molar-refractivity contribution in [2.75, 3.05) is 24.9 Å². The molecule has 2 aliphatic rings. The fourth-order valence-electron chi connectivity index (χ4n) is 4.98. The highest BCUT2D eigenvalue weighted by molar-refractivity contribution is 6.01. The predicted octanol–water partition coefficient (Wildman–Crippen LogP) is 5.61. The van der Waals surface area contributed by atoms with Crippen LogP contribution >= 0.6 is 0 Å². The number of methoxy groups -OCH3 is 2. The van der Waals surface area contributed by atoms with Crippen molar-refractivity contribution >= 4 is 23.1 Å². The largest absolute Gasteiger partial charge is 0.493 e. The van der Waals surface area contributed by atoms with Crippen LogP contribution in [0.5, 0.6) is 17.2 Å². The fourth-order valence-corrected chi connectivity index (χ4v) is 4.98. The molecule has 184 valence electrons. The van der Waals surface area contributed by atoms with Crippen molar-refractivity contribution in [3.8, 4) is 17.2 Å². The highest BCUT2D eigenvalue weighted by atomic mass is 16.5. The van der Waals surface area contributed by atoms with Gasteiger partial charge in [-0.3, -0.25) is 9.59 Å². The molecule has 2 atom stereocenters. The zero-order valence-electron chi connectivity index (χ0n) is 20.5. The number of para-hydroxylation sites is 2. The number of nitrogens with one attached hydrogen (secondary N) is 2. The Labute approximate surface area is 210 Å². The molecule has 7 heteroatoms. The Kier molecular flexibility index (Phi) is 6.38. The van der Waals surface area contributed by atoms with E-state index in [0.29, 0.717) is 30.1 Å². The third-order valence-electron chi connectivity index (χ3n) is 6.66. The topological polar surface area (TPSA) is 85.9 Å². The number of esters is 1. The quantitative estimate of drug-likeness (QED) is 0.360. The van der Waals surface area contributed by atoms with Crippen LogP contribution in [0.15, 0.2) is 78.0 Å². The molecule has 1 heterocycles. The van der Waals surface area contributed by atoms with Crippen LogP contribution in [0.25, 0.3) is 0 Å². The van der Waals surface area contributed by atoms with Gasteiger partial charge in [0.25, 0.3) is 0 Å². The van der Waals surface area contributed by atoms with E-state index in [0.717, 1.165) is 33.8 Å². The Morgan fingerprint density at radius 2 is 1.56 bits per heavy atom. The van der Waals surface area contributed by atoms with E-state index < -0.39 is 0 Å². The number of allylic oxidation sites excluding steroid dienone is 1. The number of hydrogen-bond donors (Lipinski definition) is 2. The molecule has 0 aromatic heterocycles. The van der Waals surface area contributed by atoms with Crippen molar-refractivity contribution in [2.24, 2.45) is 0 Å². The van der Waals surface area contributed by atoms with Crippen LogP contribution in [-0.2, 0) is 9.59 Å². The summed E-state index contributed by atoms with van der Waals surface area (Å²) in [6.07, 6.45) is 1.06. The van der Waals surface area contributed by atoms with Crippen LogP contribution < -0.4 is 24.8 Å². The highest BCUT2D eigenvalue weighted by Gasteiger charge is 2.36. The monoisotopic (exact) mass is 484 g/mol. The Morgan fingerprint density at radius 3 is 2.25 bits per heavy atom. The summed E-state index contributed by atoms with van der Waals surface area (Å²) in [4.78, 5) is 25.1. The Balaban J connectivity index is 1.54. The standard InChI is InChI=1S/C29H28N2O5/c1-17(32)36-21-11-8-18(9-12-21)29-28-24(30-22-6-4-5-7-23(22)31-29)14-20(15-25(28)33)19-10-13-26(34-2)27(16-19)35-3/h4-13,16,20,29-31H,14-15H2,1-3H3/t20-,29+/m0/s1. The molecule has 0 amide bonds. The Hall–Kier alpha value is -4.26. The van der Waals surface area contributed by atoms with Crippen molar-refractivity contribution in [1.82, 2.24) is 0 Å². The smallest absolute Gasteiger partial charge is 0.308 e. The van der Waals surface area contributed by atoms with Crippen molar-refractivity contribution < 1.29 is 23.8 Å². The third-order valence-corrected chi connectivity index (χ3v) is 6.66. The fraction of sp³-hybridized carbons (Fsp3) is 0.241. The van der Waals surface area contributed by atoms with Crippen LogP contribution in [0.4, 0.5) is 11.4 Å². The van der Waals surface area contributed by atoms with E-state index in [2.05, 4.69) is 10.6 Å². The summed E-state index contributed by atoms with van der Waals surface area (Å²) >= 11 is 0. The van der Waals surface area contributed by atoms with Crippen LogP contribution in [0.3, 0.4) is 0 Å². The first kappa shape index (κ1) is 23.5. The van der Waals surface area contributed by atoms with Crippen molar-refractivity contribution in [1.29, 1.82) is 0 Å². The van der Waals surface area contributed by atoms with Crippen LogP contribution in [0.1, 0.15) is 42.9 Å². The Morgan fingerprint density at radius 1 is 0.861 bits per heavy atom. The van der Waals surface area contributed by atoms with Gasteiger partial charge in [0, 0.05) is 24.6 Å². The van der Waals surface area contributed by atoms with E-state index in [1.165, 1.54) is 6.92 Å². The molecule has 0 saturated carbocycles. The summed E-state index contributed by atoms with van der Waals surface area (Å²) in [5.74, 6) is 1.48. The number of ether oxygens (including phenoxy) is 3. The van der Waals surface area contributed by atoms with Gasteiger partial charge in [-0.05, 0) is 59.9 Å². The summed E-state index contributed by atoms with van der Waals surface area (Å²) < 4.78 is 16.1. The van der Waals surface area contributed by atoms with Crippen molar-refractivity contribution in [3.05, 3.63) is 89.1 Å². The molecule has 3 aromatic rings. The van der Waals surface area contributed by atoms with Gasteiger partial charge < -0.3 is 24.8 Å². The first-order chi connectivity index (χ1) is 17.5. The predicted molar refractivity (Wildman–Crippen MR) is 138 cm³/mol. The van der Waals surface area contributed by atoms with Crippen LogP contribution in [0.2, 0.25) is 0 Å². The summed E-state index contributed by atoms with van der Waals surface area (Å²) in [5.41, 5.74) is 5.40. The molecular formula is C29H28N2O5. The summed E-state index contributed by atoms with van der Waals surface area (Å²) in [5, 5.41) is 7.12. The summed E-state index contributed by atoms with van der Waals surface area (Å²) in [7, 11) is 3.22. The number of rotatable bonds is 5. The van der Waals surface area contributed by atoms with Crippen molar-refractivity contribution in [2.45, 2.75) is 31.7 Å². The molecule has 0 fully saturated rings. The molecule has 1 aliphatic heterocycles. The van der Waals surface area contributed by atoms with Gasteiger partial charge >= 0.3 is 5.97 Å². The van der Waals surface area contributed by atoms with Crippen LogP contribution in [0, 0.1) is 0 Å². The van der Waals surface area contributed by atoms with Crippen molar-refractivity contribution in [3.63, 3.8) is 0 Å². The number of hydrogen-bond acceptors (Lipinski definition) is 7. The van der Waals surface area contributed by atoms with E-state index in [9.17, 15) is 9.59 Å². The molecule has 7 nitrogen and oxygen atoms in total. The first-order valence-electron chi connectivity index (χ1n) is 11.9. The first-order valence-corrected chi connectivity index (χ1v) is 11.9. The van der Waals surface area contributed by atoms with Gasteiger partial charge in [-0.25, -0.2) is 0 Å². The van der Waals surface area contributed by atoms with Gasteiger partial charge in [0.05, 0.1) is 31.6 Å². The lowest BCUT2D eigenvalue weighted by Gasteiger charge is -2.30. The molecule has 36 heavy (non-hydrogen) atoms. The summed E-state index contributed by atoms with van der Waals surface area (Å²) in [6, 6.07) is 20.7. The maximum Gasteiger partial charge on any atom is 0.308 e. The van der Waals surface area contributed by atoms with Gasteiger partial charge in [-0.1, -0.05) is 30.3 Å². The second kappa shape index (κ2) is 9.77. The van der Waals surface area contributed by atoms with E-state index in [1.807, 2.05) is 54.6 Å². The zero-order valence-corrected chi connectivity index (χ0v) is 20.5. The molecule has 3 aromatic carbocycles. The second-order valence-electron chi connectivity index (χ2n) is 8.95. The molecule has 0 spiro atoms. The zero-order chi connectivity index (χ0) is 25.2. The highest BCUT2D eigenvalue weighted by Crippen LogP contribution is 2.45. The van der Waals surface area contributed by atoms with Gasteiger partial charge in [0.2, 0.25) is 0 Å². The molecular weight excluding hydrogens is 456 g/mol. The molecule has 5 rings (SSSR count). The lowest BCUT2D eigenvalue weighted by atomic mass is 9.78. The molecule has 0 bridgehead atoms. The average Bonchev–Trinajstić information content (AvgIpc) is 3.05. The number of fused-ring (bicyclic) bond motifs is 1. The maximum atomic E-state index is 13.7. The maximum absolute atomic E-state index is 13.7. The number of carbonyl (C=O) groups is 2. The lowest BCUT2D eigenvalue weighted by Crippen LogP contribution is -2.26. The van der Waals surface area contributed by atoms with E-state index in [-0.39, 0.29) is 23.7 Å². The van der Waals surface area contributed by atoms with Crippen LogP contribution in [-0.4, -0.2) is 26.0 Å². The van der Waals surface area contributed by atoms with E-state index in [4.69, 9.17) is 14.2 Å². The third kappa shape index (κ3) is 4.52. The van der Waals surface area contributed by atoms with Gasteiger partial charge in [-0.15, -0.1) is 0 Å². The number of anilines is 2. The normalized spacial score (nSPS) is 18.7. The van der Waals surface area contributed by atoms with Gasteiger partial charge in [0.1, 0.15) is 5.75 Å². The minimum absolute atomic E-state index is 0.000751. The molecule has 2 N–H and O–H groups in total. The molecule has 0 radical (unpaired) electrons. The number of benzene rings is 3. The summed E-state index contributed by atoms with van der Waals surface area (Å²) in [6.45, 7) is 1.37.